The summed E-state index contributed by atoms with van der Waals surface area (Å²) >= 11 is 0. The first-order valence-corrected chi connectivity index (χ1v) is 8.26. The number of hydrogen-bond donors (Lipinski definition) is 3. The Morgan fingerprint density at radius 2 is 1.75 bits per heavy atom. The van der Waals surface area contributed by atoms with E-state index in [1.807, 2.05) is 13.8 Å². The third-order valence-corrected chi connectivity index (χ3v) is 3.36. The number of nitrogens with two attached hydrogens (primary N) is 1. The van der Waals surface area contributed by atoms with Gasteiger partial charge >= 0.3 is 6.18 Å². The molecule has 146 valence electrons. The van der Waals surface area contributed by atoms with Crippen molar-refractivity contribution in [2.24, 2.45) is 0 Å². The van der Waals surface area contributed by atoms with Crippen molar-refractivity contribution >= 4 is 23.4 Å². The number of halogens is 3. The predicted octanol–water partition coefficient (Wildman–Crippen LogP) is 3.49. The lowest BCUT2D eigenvalue weighted by molar-refractivity contribution is -0.141. The monoisotopic (exact) mass is 390 g/mol. The molecule has 11 heteroatoms. The largest absolute Gasteiger partial charge is 0.433 e. The molecule has 3 rings (SSSR count). The first kappa shape index (κ1) is 19.3. The van der Waals surface area contributed by atoms with Crippen molar-refractivity contribution in [2.45, 2.75) is 26.1 Å². The molecule has 3 heterocycles. The fourth-order valence-corrected chi connectivity index (χ4v) is 2.24. The zero-order valence-electron chi connectivity index (χ0n) is 15.0. The number of aromatic nitrogens is 5. The summed E-state index contributed by atoms with van der Waals surface area (Å²) in [7, 11) is 0. The highest BCUT2D eigenvalue weighted by Gasteiger charge is 2.32. The third kappa shape index (κ3) is 4.81. The van der Waals surface area contributed by atoms with Crippen molar-refractivity contribution in [2.75, 3.05) is 16.4 Å². The van der Waals surface area contributed by atoms with E-state index >= 15 is 0 Å². The van der Waals surface area contributed by atoms with Gasteiger partial charge in [-0.2, -0.15) is 28.1 Å². The van der Waals surface area contributed by atoms with E-state index in [1.54, 1.807) is 18.2 Å². The Labute approximate surface area is 158 Å². The van der Waals surface area contributed by atoms with E-state index in [9.17, 15) is 13.2 Å². The number of rotatable bonds is 5. The van der Waals surface area contributed by atoms with Crippen molar-refractivity contribution in [1.29, 1.82) is 0 Å². The first-order valence-electron chi connectivity index (χ1n) is 8.26. The van der Waals surface area contributed by atoms with Gasteiger partial charge in [0.2, 0.25) is 11.9 Å². The Morgan fingerprint density at radius 1 is 1.00 bits per heavy atom. The van der Waals surface area contributed by atoms with Gasteiger partial charge in [0.1, 0.15) is 17.2 Å². The van der Waals surface area contributed by atoms with E-state index < -0.39 is 11.9 Å². The van der Waals surface area contributed by atoms with Gasteiger partial charge in [-0.1, -0.05) is 6.07 Å². The van der Waals surface area contributed by atoms with Crippen LogP contribution < -0.4 is 16.4 Å². The normalized spacial score (nSPS) is 11.5. The van der Waals surface area contributed by atoms with Crippen molar-refractivity contribution in [3.8, 4) is 11.5 Å². The van der Waals surface area contributed by atoms with Gasteiger partial charge in [-0.05, 0) is 38.1 Å². The van der Waals surface area contributed by atoms with Gasteiger partial charge in [0, 0.05) is 17.9 Å². The number of nitrogen functional groups attached to an aromatic ring is 1. The van der Waals surface area contributed by atoms with Crippen molar-refractivity contribution < 1.29 is 13.2 Å². The van der Waals surface area contributed by atoms with Crippen molar-refractivity contribution in [3.05, 3.63) is 42.2 Å². The highest BCUT2D eigenvalue weighted by Crippen LogP contribution is 2.29. The summed E-state index contributed by atoms with van der Waals surface area (Å²) in [6.45, 7) is 3.79. The Balaban J connectivity index is 1.99. The van der Waals surface area contributed by atoms with E-state index in [0.29, 0.717) is 5.69 Å². The fraction of sp³-hybridized carbons (Fsp3) is 0.235. The Hall–Kier alpha value is -3.50. The van der Waals surface area contributed by atoms with Gasteiger partial charge in [-0.3, -0.25) is 4.98 Å². The van der Waals surface area contributed by atoms with Crippen LogP contribution in [0.2, 0.25) is 0 Å². The fourth-order valence-electron chi connectivity index (χ4n) is 2.24. The van der Waals surface area contributed by atoms with Crippen molar-refractivity contribution in [1.82, 2.24) is 24.9 Å². The van der Waals surface area contributed by atoms with Crippen LogP contribution in [0.15, 0.2) is 36.5 Å². The molecule has 3 aromatic rings. The molecule has 0 aliphatic carbocycles. The van der Waals surface area contributed by atoms with E-state index in [4.69, 9.17) is 5.73 Å². The molecule has 0 bridgehead atoms. The third-order valence-electron chi connectivity index (χ3n) is 3.36. The van der Waals surface area contributed by atoms with Crippen LogP contribution in [0.1, 0.15) is 19.5 Å². The first-order chi connectivity index (χ1) is 13.2. The lowest BCUT2D eigenvalue weighted by Gasteiger charge is -2.13. The summed E-state index contributed by atoms with van der Waals surface area (Å²) in [6.07, 6.45) is -3.50. The maximum absolute atomic E-state index is 12.9. The molecule has 28 heavy (non-hydrogen) atoms. The van der Waals surface area contributed by atoms with Crippen LogP contribution >= 0.6 is 0 Å². The number of nitrogens with one attached hydrogen (secondary N) is 2. The summed E-state index contributed by atoms with van der Waals surface area (Å²) in [4.78, 5) is 20.2. The summed E-state index contributed by atoms with van der Waals surface area (Å²) in [5, 5.41) is 5.79. The molecule has 8 nitrogen and oxygen atoms in total. The van der Waals surface area contributed by atoms with Gasteiger partial charge in [0.05, 0.1) is 0 Å². The predicted molar refractivity (Wildman–Crippen MR) is 98.8 cm³/mol. The number of anilines is 4. The van der Waals surface area contributed by atoms with Crippen LogP contribution in [0.5, 0.6) is 0 Å². The molecule has 0 radical (unpaired) electrons. The van der Waals surface area contributed by atoms with Crippen LogP contribution in [0.3, 0.4) is 0 Å². The van der Waals surface area contributed by atoms with Crippen LogP contribution in [0.25, 0.3) is 11.5 Å². The minimum atomic E-state index is -4.56. The molecule has 0 atom stereocenters. The molecule has 0 unspecified atom stereocenters. The SMILES string of the molecule is CC(C)Nc1nc(Nc2ccnc(C(F)(F)F)c2)nc(-c2cccc(N)n2)n1. The molecule has 0 spiro atoms. The summed E-state index contributed by atoms with van der Waals surface area (Å²) in [6, 6.07) is 7.26. The average Bonchev–Trinajstić information content (AvgIpc) is 2.60. The molecule has 0 aliphatic heterocycles. The molecule has 0 saturated carbocycles. The standard InChI is InChI=1S/C17H17F3N8/c1-9(2)23-15-26-14(11-4-3-5-13(21)25-11)27-16(28-15)24-10-6-7-22-12(8-10)17(18,19)20/h3-9H,1-2H3,(H2,21,25)(H2,22,23,24,26,27,28). The highest BCUT2D eigenvalue weighted by molar-refractivity contribution is 5.59. The summed E-state index contributed by atoms with van der Waals surface area (Å²) < 4.78 is 38.6. The van der Waals surface area contributed by atoms with E-state index in [2.05, 4.69) is 35.6 Å². The van der Waals surface area contributed by atoms with Crippen LogP contribution in [-0.4, -0.2) is 31.0 Å². The van der Waals surface area contributed by atoms with Gasteiger partial charge in [-0.25, -0.2) is 4.98 Å². The summed E-state index contributed by atoms with van der Waals surface area (Å²) in [5.41, 5.74) is 5.22. The zero-order valence-corrected chi connectivity index (χ0v) is 15.0. The minimum Gasteiger partial charge on any atom is -0.384 e. The second-order valence-electron chi connectivity index (χ2n) is 6.11. The van der Waals surface area contributed by atoms with Gasteiger partial charge in [0.25, 0.3) is 0 Å². The van der Waals surface area contributed by atoms with Gasteiger partial charge in [-0.15, -0.1) is 0 Å². The minimum absolute atomic E-state index is 0.0228. The van der Waals surface area contributed by atoms with Crippen LogP contribution in [-0.2, 0) is 6.18 Å². The topological polar surface area (TPSA) is 115 Å². The molecule has 0 fully saturated rings. The van der Waals surface area contributed by atoms with Crippen LogP contribution in [0, 0.1) is 0 Å². The molecule has 0 aliphatic rings. The second kappa shape index (κ2) is 7.62. The lowest BCUT2D eigenvalue weighted by atomic mass is 10.3. The summed E-state index contributed by atoms with van der Waals surface area (Å²) in [5.74, 6) is 0.807. The maximum atomic E-state index is 12.9. The number of pyridine rings is 2. The Morgan fingerprint density at radius 3 is 2.43 bits per heavy atom. The van der Waals surface area contributed by atoms with E-state index in [1.165, 1.54) is 6.07 Å². The molecule has 3 aromatic heterocycles. The molecular weight excluding hydrogens is 373 g/mol. The smallest absolute Gasteiger partial charge is 0.384 e. The van der Waals surface area contributed by atoms with Crippen LogP contribution in [0.4, 0.5) is 36.6 Å². The Kier molecular flexibility index (Phi) is 5.25. The molecule has 4 N–H and O–H groups in total. The molecule has 0 aromatic carbocycles. The Bertz CT molecular complexity index is 975. The number of nitrogens with zero attached hydrogens (tertiary/aromatic N) is 5. The average molecular weight is 390 g/mol. The molecule has 0 amide bonds. The van der Waals surface area contributed by atoms with Gasteiger partial charge < -0.3 is 16.4 Å². The zero-order chi connectivity index (χ0) is 20.3. The number of hydrogen-bond acceptors (Lipinski definition) is 8. The molecular formula is C17H17F3N8. The molecule has 0 saturated heterocycles. The maximum Gasteiger partial charge on any atom is 0.433 e. The van der Waals surface area contributed by atoms with Crippen molar-refractivity contribution in [3.63, 3.8) is 0 Å². The van der Waals surface area contributed by atoms with Gasteiger partial charge in [0.15, 0.2) is 5.82 Å². The highest BCUT2D eigenvalue weighted by atomic mass is 19.4. The second-order valence-corrected chi connectivity index (χ2v) is 6.11. The van der Waals surface area contributed by atoms with E-state index in [0.717, 1.165) is 12.3 Å². The number of alkyl halides is 3. The van der Waals surface area contributed by atoms with E-state index in [-0.39, 0.29) is 35.3 Å². The lowest BCUT2D eigenvalue weighted by Crippen LogP contribution is -2.15. The quantitative estimate of drug-likeness (QED) is 0.606.